The van der Waals surface area contributed by atoms with Crippen LogP contribution in [0.25, 0.3) is 0 Å². The zero-order chi connectivity index (χ0) is 21.0. The van der Waals surface area contributed by atoms with Crippen LogP contribution in [0.4, 0.5) is 26.3 Å². The summed E-state index contributed by atoms with van der Waals surface area (Å²) in [5.74, 6) is -4.50. The van der Waals surface area contributed by atoms with Crippen LogP contribution in [-0.4, -0.2) is 67.9 Å². The zero-order valence-corrected chi connectivity index (χ0v) is 15.2. The molecule has 1 fully saturated rings. The summed E-state index contributed by atoms with van der Waals surface area (Å²) in [6, 6.07) is 0. The largest absolute Gasteiger partial charge is 0.444 e. The summed E-state index contributed by atoms with van der Waals surface area (Å²) in [5, 5.41) is 9.56. The molecule has 1 rings (SSSR count). The van der Waals surface area contributed by atoms with E-state index in [2.05, 4.69) is 4.74 Å². The Labute approximate surface area is 146 Å². The lowest BCUT2D eigenvalue weighted by atomic mass is 10.2. The third-order valence-corrected chi connectivity index (χ3v) is 6.46. The van der Waals surface area contributed by atoms with Crippen LogP contribution in [0.1, 0.15) is 20.8 Å². The number of β-amino-alcohol motifs (C(OH)–C–C–N with tert-alkyl or cyclic N) is 1. The predicted octanol–water partition coefficient (Wildman–Crippen LogP) is 0.0724. The third-order valence-electron chi connectivity index (χ3n) is 3.50. The van der Waals surface area contributed by atoms with Crippen molar-refractivity contribution in [1.82, 2.24) is 9.03 Å². The number of ether oxygens (including phenoxy) is 1. The number of rotatable bonds is 4. The lowest BCUT2D eigenvalue weighted by Crippen LogP contribution is -2.65. The molecular formula is C10H16F6N2O6S2. The van der Waals surface area contributed by atoms with Crippen LogP contribution in [0.3, 0.4) is 0 Å². The summed E-state index contributed by atoms with van der Waals surface area (Å²) in [7, 11) is -8.91. The van der Waals surface area contributed by atoms with Crippen molar-refractivity contribution in [3.8, 4) is 0 Å². The summed E-state index contributed by atoms with van der Waals surface area (Å²) in [6.07, 6.45) is -11.6. The number of thiol groups is 1. The van der Waals surface area contributed by atoms with Gasteiger partial charge in [0.2, 0.25) is 26.6 Å². The van der Waals surface area contributed by atoms with Gasteiger partial charge in [0.15, 0.2) is 0 Å². The maximum absolute atomic E-state index is 13.6. The van der Waals surface area contributed by atoms with Crippen LogP contribution < -0.4 is 4.72 Å². The average Bonchev–Trinajstić information content (AvgIpc) is 2.70. The van der Waals surface area contributed by atoms with E-state index in [-0.39, 0.29) is 0 Å². The van der Waals surface area contributed by atoms with E-state index in [1.807, 2.05) is 0 Å². The van der Waals surface area contributed by atoms with Crippen LogP contribution in [0, 0.1) is 0 Å². The Morgan fingerprint density at radius 3 is 1.88 bits per heavy atom. The van der Waals surface area contributed by atoms with Gasteiger partial charge >= 0.3 is 12.4 Å². The molecule has 0 aliphatic carbocycles. The molecule has 8 nitrogen and oxygen atoms in total. The molecule has 0 spiro atoms. The summed E-state index contributed by atoms with van der Waals surface area (Å²) in [4.78, 5) is 0. The molecule has 2 atom stereocenters. The number of hydrogen-bond donors (Lipinski definition) is 3. The van der Waals surface area contributed by atoms with E-state index in [1.54, 1.807) is 0 Å². The summed E-state index contributed by atoms with van der Waals surface area (Å²) in [6.45, 7) is -1.32. The standard InChI is InChI=1S/C10H16F6N2O6S2/c1-6(2,3)26(22,23)18-5-8(19,10(14,15)16)24-7(18,9(11,12)13)4-17-25(20)21/h19,25H,4-5H2,1-3H3,(H,17,20,21)/t7?,8-/m0/s1. The molecular weight excluding hydrogens is 422 g/mol. The predicted molar refractivity (Wildman–Crippen MR) is 74.6 cm³/mol. The van der Waals surface area contributed by atoms with E-state index < -0.39 is 66.9 Å². The van der Waals surface area contributed by atoms with Crippen molar-refractivity contribution in [2.24, 2.45) is 0 Å². The van der Waals surface area contributed by atoms with E-state index in [4.69, 9.17) is 0 Å². The molecule has 1 heterocycles. The van der Waals surface area contributed by atoms with Crippen LogP contribution >= 0.6 is 0 Å². The van der Waals surface area contributed by atoms with Gasteiger partial charge in [0.05, 0.1) is 17.8 Å². The minimum Gasteiger partial charge on any atom is -0.357 e. The fraction of sp³-hybridized carbons (Fsp3) is 1.00. The third kappa shape index (κ3) is 3.80. The van der Waals surface area contributed by atoms with Crippen molar-refractivity contribution >= 4 is 20.9 Å². The normalized spacial score (nSPS) is 29.5. The minimum absolute atomic E-state index is 0.709. The average molecular weight is 438 g/mol. The number of hydrogen-bond acceptors (Lipinski definition) is 6. The Balaban J connectivity index is 3.73. The molecule has 1 aliphatic rings. The number of halogens is 6. The number of nitrogens with one attached hydrogen (secondary N) is 1. The molecule has 0 radical (unpaired) electrons. The Kier molecular flexibility index (Phi) is 5.79. The van der Waals surface area contributed by atoms with Crippen molar-refractivity contribution in [3.05, 3.63) is 0 Å². The van der Waals surface area contributed by atoms with Crippen LogP contribution in [0.5, 0.6) is 0 Å². The van der Waals surface area contributed by atoms with Gasteiger partial charge in [0.1, 0.15) is 0 Å². The van der Waals surface area contributed by atoms with Gasteiger partial charge in [-0.1, -0.05) is 0 Å². The van der Waals surface area contributed by atoms with Crippen LogP contribution in [-0.2, 0) is 25.7 Å². The molecule has 156 valence electrons. The lowest BCUT2D eigenvalue weighted by molar-refractivity contribution is -0.396. The van der Waals surface area contributed by atoms with Crippen LogP contribution in [0.15, 0.2) is 0 Å². The van der Waals surface area contributed by atoms with Gasteiger partial charge < -0.3 is 9.84 Å². The first-order valence-electron chi connectivity index (χ1n) is 6.68. The van der Waals surface area contributed by atoms with Crippen molar-refractivity contribution in [1.29, 1.82) is 0 Å². The first kappa shape index (κ1) is 23.4. The van der Waals surface area contributed by atoms with E-state index in [1.165, 1.54) is 4.72 Å². The number of aliphatic hydroxyl groups is 1. The Bertz CT molecular complexity index is 720. The molecule has 0 amide bonds. The van der Waals surface area contributed by atoms with E-state index in [9.17, 15) is 48.3 Å². The summed E-state index contributed by atoms with van der Waals surface area (Å²) >= 11 is 0. The lowest BCUT2D eigenvalue weighted by Gasteiger charge is -2.39. The monoisotopic (exact) mass is 438 g/mol. The van der Waals surface area contributed by atoms with Crippen molar-refractivity contribution in [2.45, 2.75) is 49.4 Å². The fourth-order valence-electron chi connectivity index (χ4n) is 2.04. The quantitative estimate of drug-likeness (QED) is 0.423. The second-order valence-corrected chi connectivity index (χ2v) is 9.83. The highest BCUT2D eigenvalue weighted by atomic mass is 32.2. The maximum Gasteiger partial charge on any atom is 0.444 e. The summed E-state index contributed by atoms with van der Waals surface area (Å²) < 4.78 is 128. The van der Waals surface area contributed by atoms with Crippen molar-refractivity contribution < 1.29 is 53.0 Å². The molecule has 1 aliphatic heterocycles. The van der Waals surface area contributed by atoms with Gasteiger partial charge in [-0.25, -0.2) is 21.6 Å². The highest BCUT2D eigenvalue weighted by molar-refractivity contribution is 7.90. The first-order valence-corrected chi connectivity index (χ1v) is 9.29. The molecule has 0 saturated carbocycles. The Morgan fingerprint density at radius 2 is 1.58 bits per heavy atom. The van der Waals surface area contributed by atoms with E-state index in [0.717, 1.165) is 20.8 Å². The van der Waals surface area contributed by atoms with Gasteiger partial charge in [0, 0.05) is 0 Å². The van der Waals surface area contributed by atoms with Crippen molar-refractivity contribution in [3.63, 3.8) is 0 Å². The van der Waals surface area contributed by atoms with Gasteiger partial charge in [-0.05, 0) is 20.8 Å². The number of nitrogens with zero attached hydrogens (tertiary/aromatic N) is 1. The minimum atomic E-state index is -5.83. The van der Waals surface area contributed by atoms with Gasteiger partial charge in [-0.3, -0.25) is 0 Å². The zero-order valence-electron chi connectivity index (χ0n) is 13.5. The maximum atomic E-state index is 13.6. The molecule has 26 heavy (non-hydrogen) atoms. The fourth-order valence-corrected chi connectivity index (χ4v) is 3.98. The van der Waals surface area contributed by atoms with E-state index >= 15 is 0 Å². The first-order chi connectivity index (χ1) is 11.2. The molecule has 1 saturated heterocycles. The molecule has 2 N–H and O–H groups in total. The van der Waals surface area contributed by atoms with Gasteiger partial charge in [-0.15, -0.1) is 0 Å². The highest BCUT2D eigenvalue weighted by Crippen LogP contribution is 2.51. The molecule has 0 bridgehead atoms. The molecule has 0 aromatic carbocycles. The smallest absolute Gasteiger partial charge is 0.357 e. The molecule has 0 aromatic heterocycles. The molecule has 1 unspecified atom stereocenters. The van der Waals surface area contributed by atoms with Gasteiger partial charge in [-0.2, -0.15) is 30.6 Å². The molecule has 16 heteroatoms. The number of alkyl halides is 6. The second kappa shape index (κ2) is 6.44. The Morgan fingerprint density at radius 1 is 1.12 bits per heavy atom. The summed E-state index contributed by atoms with van der Waals surface area (Å²) in [5.41, 5.74) is -4.31. The van der Waals surface area contributed by atoms with Crippen molar-refractivity contribution in [2.75, 3.05) is 13.1 Å². The topological polar surface area (TPSA) is 113 Å². The SMILES string of the molecule is CC(C)(C)S(=O)(=O)N1C[C@@](O)(C(F)(F)F)OC1(CN[SH](=O)=O)C(F)(F)F. The van der Waals surface area contributed by atoms with Crippen LogP contribution in [0.2, 0.25) is 0 Å². The van der Waals surface area contributed by atoms with Gasteiger partial charge in [0.25, 0.3) is 5.79 Å². The Hall–Kier alpha value is -0.680. The molecule has 0 aromatic rings. The highest BCUT2D eigenvalue weighted by Gasteiger charge is 2.77. The van der Waals surface area contributed by atoms with E-state index in [0.29, 0.717) is 0 Å². The number of sulfonamides is 1. The second-order valence-electron chi connectivity index (χ2n) is 6.38.